The Morgan fingerprint density at radius 3 is 2.50 bits per heavy atom. The molecule has 3 aromatic rings. The lowest BCUT2D eigenvalue weighted by atomic mass is 10.1. The Morgan fingerprint density at radius 2 is 1.75 bits per heavy atom. The molecule has 0 atom stereocenters. The second kappa shape index (κ2) is 4.10. The molecular weight excluding hydrogens is 331 g/mol. The van der Waals surface area contributed by atoms with E-state index in [2.05, 4.69) is 75.3 Å². The van der Waals surface area contributed by atoms with Gasteiger partial charge in [-0.05, 0) is 39.4 Å². The van der Waals surface area contributed by atoms with Crippen molar-refractivity contribution in [3.63, 3.8) is 0 Å². The molecule has 0 spiro atoms. The van der Waals surface area contributed by atoms with Gasteiger partial charge in [-0.1, -0.05) is 47.7 Å². The minimum atomic E-state index is 0.973. The lowest BCUT2D eigenvalue weighted by molar-refractivity contribution is 1.07. The predicted octanol–water partition coefficient (Wildman–Crippen LogP) is 3.96. The number of hydrogen-bond donors (Lipinski definition) is 0. The van der Waals surface area contributed by atoms with E-state index in [0.29, 0.717) is 0 Å². The molecular formula is C12H7IN2S. The quantitative estimate of drug-likeness (QED) is 0.628. The van der Waals surface area contributed by atoms with Crippen LogP contribution in [0.1, 0.15) is 0 Å². The van der Waals surface area contributed by atoms with Crippen LogP contribution in [-0.2, 0) is 0 Å². The average molecular weight is 338 g/mol. The van der Waals surface area contributed by atoms with Crippen molar-refractivity contribution in [2.75, 3.05) is 0 Å². The molecule has 0 aliphatic carbocycles. The summed E-state index contributed by atoms with van der Waals surface area (Å²) in [5.74, 6) is 0. The van der Waals surface area contributed by atoms with E-state index in [9.17, 15) is 0 Å². The third kappa shape index (κ3) is 1.82. The Hall–Kier alpha value is -1.01. The molecule has 0 radical (unpaired) electrons. The Balaban J connectivity index is 2.18. The van der Waals surface area contributed by atoms with Gasteiger partial charge in [0.25, 0.3) is 0 Å². The first-order valence-corrected chi connectivity index (χ1v) is 6.71. The number of fused-ring (bicyclic) bond motifs is 1. The normalized spacial score (nSPS) is 10.8. The number of hydrogen-bond acceptors (Lipinski definition) is 3. The Bertz CT molecular complexity index is 648. The highest BCUT2D eigenvalue weighted by Crippen LogP contribution is 2.27. The zero-order chi connectivity index (χ0) is 11.0. The van der Waals surface area contributed by atoms with E-state index < -0.39 is 0 Å². The summed E-state index contributed by atoms with van der Waals surface area (Å²) in [5.41, 5.74) is 1.14. The van der Waals surface area contributed by atoms with Crippen molar-refractivity contribution in [2.24, 2.45) is 0 Å². The highest BCUT2D eigenvalue weighted by molar-refractivity contribution is 14.1. The van der Waals surface area contributed by atoms with E-state index in [0.717, 1.165) is 13.6 Å². The summed E-state index contributed by atoms with van der Waals surface area (Å²) in [5, 5.41) is 11.7. The van der Waals surface area contributed by atoms with Gasteiger partial charge in [0, 0.05) is 5.56 Å². The van der Waals surface area contributed by atoms with Gasteiger partial charge in [0.15, 0.2) is 3.01 Å². The van der Waals surface area contributed by atoms with Crippen LogP contribution in [0, 0.1) is 3.01 Å². The summed E-state index contributed by atoms with van der Waals surface area (Å²) < 4.78 is 0.973. The van der Waals surface area contributed by atoms with Gasteiger partial charge in [-0.3, -0.25) is 0 Å². The van der Waals surface area contributed by atoms with Gasteiger partial charge < -0.3 is 0 Å². The summed E-state index contributed by atoms with van der Waals surface area (Å²) in [6, 6.07) is 14.7. The minimum absolute atomic E-state index is 0.973. The number of benzene rings is 2. The predicted molar refractivity (Wildman–Crippen MR) is 75.6 cm³/mol. The Morgan fingerprint density at radius 1 is 0.938 bits per heavy atom. The molecule has 1 heterocycles. The molecule has 0 saturated carbocycles. The number of rotatable bonds is 1. The Labute approximate surface area is 110 Å². The lowest BCUT2D eigenvalue weighted by Gasteiger charge is -1.99. The van der Waals surface area contributed by atoms with Crippen molar-refractivity contribution in [3.8, 4) is 10.6 Å². The average Bonchev–Trinajstić information content (AvgIpc) is 2.75. The molecule has 0 amide bonds. The smallest absolute Gasteiger partial charge is 0.137 e. The molecule has 78 valence electrons. The van der Waals surface area contributed by atoms with Gasteiger partial charge in [0.1, 0.15) is 5.01 Å². The topological polar surface area (TPSA) is 25.8 Å². The molecule has 4 heteroatoms. The fraction of sp³-hybridized carbons (Fsp3) is 0. The zero-order valence-electron chi connectivity index (χ0n) is 8.22. The third-order valence-electron chi connectivity index (χ3n) is 2.40. The molecule has 0 fully saturated rings. The van der Waals surface area contributed by atoms with Crippen molar-refractivity contribution < 1.29 is 0 Å². The molecule has 0 bridgehead atoms. The van der Waals surface area contributed by atoms with Crippen LogP contribution in [-0.4, -0.2) is 10.2 Å². The zero-order valence-corrected chi connectivity index (χ0v) is 11.2. The molecule has 0 unspecified atom stereocenters. The van der Waals surface area contributed by atoms with Crippen molar-refractivity contribution in [1.29, 1.82) is 0 Å². The van der Waals surface area contributed by atoms with Crippen molar-refractivity contribution >= 4 is 44.7 Å². The summed E-state index contributed by atoms with van der Waals surface area (Å²) in [6.07, 6.45) is 0. The van der Waals surface area contributed by atoms with Crippen LogP contribution in [0.25, 0.3) is 21.3 Å². The largest absolute Gasteiger partial charge is 0.178 e. The molecule has 0 saturated heterocycles. The summed E-state index contributed by atoms with van der Waals surface area (Å²) in [6.45, 7) is 0. The van der Waals surface area contributed by atoms with E-state index in [-0.39, 0.29) is 0 Å². The van der Waals surface area contributed by atoms with Crippen LogP contribution in [0.15, 0.2) is 42.5 Å². The molecule has 2 nitrogen and oxygen atoms in total. The van der Waals surface area contributed by atoms with Crippen LogP contribution < -0.4 is 0 Å². The number of nitrogens with zero attached hydrogens (tertiary/aromatic N) is 2. The van der Waals surface area contributed by atoms with E-state index in [1.54, 1.807) is 11.3 Å². The fourth-order valence-electron chi connectivity index (χ4n) is 1.64. The van der Waals surface area contributed by atoms with Gasteiger partial charge in [-0.25, -0.2) is 0 Å². The third-order valence-corrected chi connectivity index (χ3v) is 4.03. The van der Waals surface area contributed by atoms with E-state index in [1.807, 2.05) is 0 Å². The van der Waals surface area contributed by atoms with Crippen LogP contribution >= 0.6 is 33.9 Å². The monoisotopic (exact) mass is 338 g/mol. The van der Waals surface area contributed by atoms with Gasteiger partial charge >= 0.3 is 0 Å². The van der Waals surface area contributed by atoms with Crippen LogP contribution in [0.5, 0.6) is 0 Å². The van der Waals surface area contributed by atoms with Crippen molar-refractivity contribution in [1.82, 2.24) is 10.2 Å². The minimum Gasteiger partial charge on any atom is -0.137 e. The van der Waals surface area contributed by atoms with Crippen molar-refractivity contribution in [3.05, 3.63) is 45.5 Å². The molecule has 1 aromatic heterocycles. The van der Waals surface area contributed by atoms with Gasteiger partial charge in [-0.15, -0.1) is 10.2 Å². The van der Waals surface area contributed by atoms with Crippen molar-refractivity contribution in [2.45, 2.75) is 0 Å². The molecule has 16 heavy (non-hydrogen) atoms. The molecule has 0 aliphatic heterocycles. The maximum atomic E-state index is 4.15. The first-order valence-electron chi connectivity index (χ1n) is 4.81. The molecule has 0 N–H and O–H groups in total. The maximum Gasteiger partial charge on any atom is 0.178 e. The standard InChI is InChI=1S/C12H7IN2S/c13-12-15-14-11(16-12)10-6-5-8-3-1-2-4-9(8)7-10/h1-7H. The van der Waals surface area contributed by atoms with Crippen LogP contribution in [0.2, 0.25) is 0 Å². The lowest BCUT2D eigenvalue weighted by Crippen LogP contribution is -1.78. The molecule has 2 aromatic carbocycles. The summed E-state index contributed by atoms with van der Waals surface area (Å²) >= 11 is 3.80. The Kier molecular flexibility index (Phi) is 2.61. The fourth-order valence-corrected chi connectivity index (χ4v) is 2.95. The highest BCUT2D eigenvalue weighted by atomic mass is 127. The first-order chi connectivity index (χ1) is 7.83. The van der Waals surface area contributed by atoms with E-state index in [1.165, 1.54) is 10.8 Å². The van der Waals surface area contributed by atoms with E-state index in [4.69, 9.17) is 0 Å². The van der Waals surface area contributed by atoms with Crippen LogP contribution in [0.3, 0.4) is 0 Å². The molecule has 3 rings (SSSR count). The second-order valence-electron chi connectivity index (χ2n) is 3.42. The van der Waals surface area contributed by atoms with Gasteiger partial charge in [-0.2, -0.15) is 0 Å². The number of aromatic nitrogens is 2. The van der Waals surface area contributed by atoms with Gasteiger partial charge in [0.2, 0.25) is 0 Å². The van der Waals surface area contributed by atoms with Crippen LogP contribution in [0.4, 0.5) is 0 Å². The van der Waals surface area contributed by atoms with Gasteiger partial charge in [0.05, 0.1) is 0 Å². The first kappa shape index (κ1) is 10.2. The SMILES string of the molecule is Ic1nnc(-c2ccc3ccccc3c2)s1. The maximum absolute atomic E-state index is 4.15. The molecule has 0 aliphatic rings. The summed E-state index contributed by atoms with van der Waals surface area (Å²) in [7, 11) is 0. The second-order valence-corrected chi connectivity index (χ2v) is 6.15. The summed E-state index contributed by atoms with van der Waals surface area (Å²) in [4.78, 5) is 0. The number of halogens is 1. The highest BCUT2D eigenvalue weighted by Gasteiger charge is 2.04. The van der Waals surface area contributed by atoms with E-state index >= 15 is 0 Å².